The first-order valence-corrected chi connectivity index (χ1v) is 10.6. The van der Waals surface area contributed by atoms with E-state index in [-0.39, 0.29) is 11.9 Å². The SMILES string of the molecule is CN(c1nc(-c2ccccn2)nc2c1CCCC2)C1CCN(c2ccccc2)C1=O. The molecule has 1 aliphatic heterocycles. The van der Waals surface area contributed by atoms with Crippen LogP contribution in [-0.2, 0) is 17.6 Å². The van der Waals surface area contributed by atoms with Crippen LogP contribution in [0.15, 0.2) is 54.7 Å². The molecule has 2 aliphatic rings. The Morgan fingerprint density at radius 1 is 1.00 bits per heavy atom. The van der Waals surface area contributed by atoms with Gasteiger partial charge in [0.1, 0.15) is 17.6 Å². The highest BCUT2D eigenvalue weighted by Crippen LogP contribution is 2.33. The Bertz CT molecular complexity index is 1050. The Morgan fingerprint density at radius 3 is 2.60 bits per heavy atom. The van der Waals surface area contributed by atoms with Crippen molar-refractivity contribution in [3.63, 3.8) is 0 Å². The van der Waals surface area contributed by atoms with Gasteiger partial charge in [-0.2, -0.15) is 0 Å². The van der Waals surface area contributed by atoms with Crippen LogP contribution in [0.5, 0.6) is 0 Å². The summed E-state index contributed by atoms with van der Waals surface area (Å²) >= 11 is 0. The Morgan fingerprint density at radius 2 is 1.80 bits per heavy atom. The Kier molecular flexibility index (Phi) is 4.91. The van der Waals surface area contributed by atoms with Gasteiger partial charge in [0.15, 0.2) is 5.82 Å². The maximum Gasteiger partial charge on any atom is 0.249 e. The summed E-state index contributed by atoms with van der Waals surface area (Å²) in [7, 11) is 2.00. The summed E-state index contributed by atoms with van der Waals surface area (Å²) in [6, 6.07) is 15.5. The van der Waals surface area contributed by atoms with Gasteiger partial charge in [-0.3, -0.25) is 9.78 Å². The first-order chi connectivity index (χ1) is 14.7. The lowest BCUT2D eigenvalue weighted by atomic mass is 9.95. The number of likely N-dealkylation sites (N-methyl/N-ethyl adjacent to an activating group) is 1. The predicted molar refractivity (Wildman–Crippen MR) is 118 cm³/mol. The summed E-state index contributed by atoms with van der Waals surface area (Å²) in [5, 5.41) is 0. The molecule has 5 rings (SSSR count). The molecule has 0 bridgehead atoms. The van der Waals surface area contributed by atoms with Crippen molar-refractivity contribution in [2.75, 3.05) is 23.4 Å². The molecular weight excluding hydrogens is 374 g/mol. The lowest BCUT2D eigenvalue weighted by Gasteiger charge is -2.29. The summed E-state index contributed by atoms with van der Waals surface area (Å²) in [4.78, 5) is 31.4. The van der Waals surface area contributed by atoms with E-state index in [1.54, 1.807) is 6.20 Å². The van der Waals surface area contributed by atoms with Crippen LogP contribution >= 0.6 is 0 Å². The number of hydrogen-bond acceptors (Lipinski definition) is 5. The average molecular weight is 399 g/mol. The molecule has 1 aromatic carbocycles. The van der Waals surface area contributed by atoms with Crippen LogP contribution in [0.25, 0.3) is 11.5 Å². The minimum Gasteiger partial charge on any atom is -0.347 e. The van der Waals surface area contributed by atoms with E-state index >= 15 is 0 Å². The van der Waals surface area contributed by atoms with Gasteiger partial charge in [0.05, 0.1) is 0 Å². The van der Waals surface area contributed by atoms with Crippen LogP contribution in [0.3, 0.4) is 0 Å². The van der Waals surface area contributed by atoms with Gasteiger partial charge >= 0.3 is 0 Å². The normalized spacial score (nSPS) is 18.4. The molecule has 1 amide bonds. The molecule has 1 atom stereocenters. The van der Waals surface area contributed by atoms with Crippen molar-refractivity contribution >= 4 is 17.4 Å². The zero-order chi connectivity index (χ0) is 20.5. The molecule has 2 aromatic heterocycles. The zero-order valence-corrected chi connectivity index (χ0v) is 17.2. The van der Waals surface area contributed by atoms with Crippen molar-refractivity contribution in [3.05, 3.63) is 66.0 Å². The largest absolute Gasteiger partial charge is 0.347 e. The second-order valence-corrected chi connectivity index (χ2v) is 7.96. The second-order valence-electron chi connectivity index (χ2n) is 7.96. The lowest BCUT2D eigenvalue weighted by molar-refractivity contribution is -0.118. The third kappa shape index (κ3) is 3.32. The fourth-order valence-corrected chi connectivity index (χ4v) is 4.51. The van der Waals surface area contributed by atoms with Crippen molar-refractivity contribution in [1.29, 1.82) is 0 Å². The smallest absolute Gasteiger partial charge is 0.249 e. The highest BCUT2D eigenvalue weighted by molar-refractivity contribution is 6.01. The number of amides is 1. The number of pyridine rings is 1. The predicted octanol–water partition coefficient (Wildman–Crippen LogP) is 3.66. The quantitative estimate of drug-likeness (QED) is 0.670. The molecule has 6 heteroatoms. The standard InChI is InChI=1S/C24H25N5O/c1-28(21-14-16-29(24(21)30)17-9-3-2-4-10-17)23-18-11-5-6-12-19(18)26-22(27-23)20-13-7-8-15-25-20/h2-4,7-10,13,15,21H,5-6,11-12,14,16H2,1H3. The molecule has 0 radical (unpaired) electrons. The topological polar surface area (TPSA) is 62.2 Å². The molecular formula is C24H25N5O. The maximum atomic E-state index is 13.3. The molecule has 0 spiro atoms. The fourth-order valence-electron chi connectivity index (χ4n) is 4.51. The molecule has 1 saturated heterocycles. The van der Waals surface area contributed by atoms with Crippen LogP contribution < -0.4 is 9.80 Å². The van der Waals surface area contributed by atoms with Crippen molar-refractivity contribution < 1.29 is 4.79 Å². The van der Waals surface area contributed by atoms with Gasteiger partial charge < -0.3 is 9.80 Å². The number of aryl methyl sites for hydroxylation is 1. The Labute approximate surface area is 176 Å². The summed E-state index contributed by atoms with van der Waals surface area (Å²) in [6.07, 6.45) is 6.73. The molecule has 3 heterocycles. The average Bonchev–Trinajstić information content (AvgIpc) is 3.20. The van der Waals surface area contributed by atoms with E-state index in [0.717, 1.165) is 61.5 Å². The minimum absolute atomic E-state index is 0.131. The van der Waals surface area contributed by atoms with E-state index in [4.69, 9.17) is 9.97 Å². The Hall–Kier alpha value is -3.28. The molecule has 1 aliphatic carbocycles. The summed E-state index contributed by atoms with van der Waals surface area (Å²) in [5.74, 6) is 1.66. The minimum atomic E-state index is -0.220. The first kappa shape index (κ1) is 18.7. The zero-order valence-electron chi connectivity index (χ0n) is 17.2. The van der Waals surface area contributed by atoms with Gasteiger partial charge in [0, 0.05) is 36.7 Å². The second kappa shape index (κ2) is 7.86. The van der Waals surface area contributed by atoms with Crippen molar-refractivity contribution in [2.24, 2.45) is 0 Å². The Balaban J connectivity index is 1.51. The highest BCUT2D eigenvalue weighted by Gasteiger charge is 2.37. The molecule has 6 nitrogen and oxygen atoms in total. The first-order valence-electron chi connectivity index (χ1n) is 10.6. The highest BCUT2D eigenvalue weighted by atomic mass is 16.2. The molecule has 1 unspecified atom stereocenters. The third-order valence-electron chi connectivity index (χ3n) is 6.10. The van der Waals surface area contributed by atoms with Crippen LogP contribution in [0.4, 0.5) is 11.5 Å². The number of benzene rings is 1. The number of carbonyl (C=O) groups excluding carboxylic acids is 1. The molecule has 0 N–H and O–H groups in total. The maximum absolute atomic E-state index is 13.3. The number of rotatable bonds is 4. The van der Waals surface area contributed by atoms with E-state index in [0.29, 0.717) is 5.82 Å². The molecule has 152 valence electrons. The van der Waals surface area contributed by atoms with Crippen molar-refractivity contribution in [2.45, 2.75) is 38.1 Å². The van der Waals surface area contributed by atoms with E-state index in [1.807, 2.05) is 60.5 Å². The summed E-state index contributed by atoms with van der Waals surface area (Å²) < 4.78 is 0. The van der Waals surface area contributed by atoms with Gasteiger partial charge in [0.25, 0.3) is 0 Å². The number of nitrogens with zero attached hydrogens (tertiary/aromatic N) is 5. The van der Waals surface area contributed by atoms with E-state index in [1.165, 1.54) is 5.56 Å². The number of carbonyl (C=O) groups is 1. The van der Waals surface area contributed by atoms with Crippen LogP contribution in [-0.4, -0.2) is 40.5 Å². The van der Waals surface area contributed by atoms with Gasteiger partial charge in [-0.1, -0.05) is 24.3 Å². The van der Waals surface area contributed by atoms with Gasteiger partial charge in [-0.25, -0.2) is 9.97 Å². The van der Waals surface area contributed by atoms with Crippen LogP contribution in [0.2, 0.25) is 0 Å². The number of para-hydroxylation sites is 1. The van der Waals surface area contributed by atoms with Crippen molar-refractivity contribution in [1.82, 2.24) is 15.0 Å². The van der Waals surface area contributed by atoms with E-state index < -0.39 is 0 Å². The number of fused-ring (bicyclic) bond motifs is 1. The lowest BCUT2D eigenvalue weighted by Crippen LogP contribution is -2.41. The van der Waals surface area contributed by atoms with Gasteiger partial charge in [-0.15, -0.1) is 0 Å². The third-order valence-corrected chi connectivity index (χ3v) is 6.10. The van der Waals surface area contributed by atoms with Gasteiger partial charge in [-0.05, 0) is 56.4 Å². The molecule has 3 aromatic rings. The van der Waals surface area contributed by atoms with Crippen molar-refractivity contribution in [3.8, 4) is 11.5 Å². The molecule has 0 saturated carbocycles. The number of anilines is 2. The molecule has 30 heavy (non-hydrogen) atoms. The van der Waals surface area contributed by atoms with Gasteiger partial charge in [0.2, 0.25) is 5.91 Å². The fraction of sp³-hybridized carbons (Fsp3) is 0.333. The summed E-state index contributed by atoms with van der Waals surface area (Å²) in [5.41, 5.74) is 4.01. The number of hydrogen-bond donors (Lipinski definition) is 0. The van der Waals surface area contributed by atoms with Crippen LogP contribution in [0.1, 0.15) is 30.5 Å². The van der Waals surface area contributed by atoms with E-state index in [9.17, 15) is 4.79 Å². The molecule has 1 fully saturated rings. The monoisotopic (exact) mass is 399 g/mol. The van der Waals surface area contributed by atoms with E-state index in [2.05, 4.69) is 9.88 Å². The number of aromatic nitrogens is 3. The van der Waals surface area contributed by atoms with Crippen LogP contribution in [0, 0.1) is 0 Å². The summed E-state index contributed by atoms with van der Waals surface area (Å²) in [6.45, 7) is 0.720.